The van der Waals surface area contributed by atoms with Crippen LogP contribution in [0.1, 0.15) is 27.4 Å². The van der Waals surface area contributed by atoms with Gasteiger partial charge in [0.2, 0.25) is 0 Å². The molecule has 3 N–H and O–H groups in total. The highest BCUT2D eigenvalue weighted by molar-refractivity contribution is 6.08. The molecule has 0 aliphatic heterocycles. The molecule has 4 aromatic rings. The van der Waals surface area contributed by atoms with Crippen LogP contribution in [0.15, 0.2) is 53.2 Å². The number of aryl methyl sites for hydroxylation is 2. The standard InChI is InChI=1S/C22H17F3N4O2/c1-11-19(12(2)31-29-11)13-3-8-16-18(9-13)27-10-17(21(26)30)20(16)28-15-6-4-14(5-7-15)22(23,24)25/h3-10H,1-2H3,(H2,26,30)(H,27,28). The van der Waals surface area contributed by atoms with E-state index in [1.807, 2.05) is 19.1 Å². The molecule has 0 aliphatic rings. The van der Waals surface area contributed by atoms with E-state index in [4.69, 9.17) is 10.3 Å². The van der Waals surface area contributed by atoms with Gasteiger partial charge in [-0.25, -0.2) is 0 Å². The average molecular weight is 426 g/mol. The van der Waals surface area contributed by atoms with Gasteiger partial charge in [-0.2, -0.15) is 13.2 Å². The molecular weight excluding hydrogens is 409 g/mol. The van der Waals surface area contributed by atoms with Crippen LogP contribution in [0.3, 0.4) is 0 Å². The summed E-state index contributed by atoms with van der Waals surface area (Å²) >= 11 is 0. The highest BCUT2D eigenvalue weighted by Gasteiger charge is 2.30. The van der Waals surface area contributed by atoms with Crippen LogP contribution in [0.4, 0.5) is 24.5 Å². The monoisotopic (exact) mass is 426 g/mol. The molecule has 0 radical (unpaired) electrons. The molecule has 1 amide bonds. The fraction of sp³-hybridized carbons (Fsp3) is 0.136. The Morgan fingerprint density at radius 2 is 1.81 bits per heavy atom. The zero-order valence-electron chi connectivity index (χ0n) is 16.5. The third kappa shape index (κ3) is 3.81. The normalized spacial score (nSPS) is 11.6. The number of nitrogens with one attached hydrogen (secondary N) is 1. The van der Waals surface area contributed by atoms with Crippen molar-refractivity contribution in [3.63, 3.8) is 0 Å². The van der Waals surface area contributed by atoms with Crippen molar-refractivity contribution in [1.82, 2.24) is 10.1 Å². The first-order valence-corrected chi connectivity index (χ1v) is 9.25. The minimum Gasteiger partial charge on any atom is -0.365 e. The van der Waals surface area contributed by atoms with Gasteiger partial charge in [-0.15, -0.1) is 0 Å². The van der Waals surface area contributed by atoms with E-state index in [1.165, 1.54) is 18.3 Å². The summed E-state index contributed by atoms with van der Waals surface area (Å²) in [5.74, 6) is -0.0488. The van der Waals surface area contributed by atoms with Crippen molar-refractivity contribution in [1.29, 1.82) is 0 Å². The molecule has 0 bridgehead atoms. The predicted octanol–water partition coefficient (Wildman–Crippen LogP) is 5.37. The number of pyridine rings is 1. The number of fused-ring (bicyclic) bond motifs is 1. The van der Waals surface area contributed by atoms with Crippen LogP contribution >= 0.6 is 0 Å². The Kier molecular flexibility index (Phi) is 4.88. The number of rotatable bonds is 4. The Bertz CT molecular complexity index is 1280. The first kappa shape index (κ1) is 20.4. The highest BCUT2D eigenvalue weighted by Crippen LogP contribution is 2.35. The fourth-order valence-corrected chi connectivity index (χ4v) is 3.45. The van der Waals surface area contributed by atoms with Crippen molar-refractivity contribution in [3.8, 4) is 11.1 Å². The van der Waals surface area contributed by atoms with E-state index < -0.39 is 17.6 Å². The van der Waals surface area contributed by atoms with E-state index in [1.54, 1.807) is 13.0 Å². The van der Waals surface area contributed by atoms with Crippen LogP contribution in [0.5, 0.6) is 0 Å². The summed E-state index contributed by atoms with van der Waals surface area (Å²) in [6, 6.07) is 9.93. The minimum atomic E-state index is -4.44. The number of carbonyl (C=O) groups is 1. The van der Waals surface area contributed by atoms with Crippen molar-refractivity contribution in [2.75, 3.05) is 5.32 Å². The Morgan fingerprint density at radius 3 is 2.39 bits per heavy atom. The number of primary amides is 1. The number of benzene rings is 2. The van der Waals surface area contributed by atoms with E-state index in [9.17, 15) is 18.0 Å². The molecule has 2 aromatic heterocycles. The summed E-state index contributed by atoms with van der Waals surface area (Å²) in [5.41, 5.74) is 8.57. The maximum Gasteiger partial charge on any atom is 0.416 e. The number of hydrogen-bond donors (Lipinski definition) is 2. The fourth-order valence-electron chi connectivity index (χ4n) is 3.45. The Labute approximate surface area is 174 Å². The third-order valence-electron chi connectivity index (χ3n) is 4.94. The molecule has 0 saturated carbocycles. The van der Waals surface area contributed by atoms with Crippen LogP contribution in [-0.4, -0.2) is 16.0 Å². The number of amides is 1. The summed E-state index contributed by atoms with van der Waals surface area (Å²) in [6.45, 7) is 3.64. The zero-order valence-corrected chi connectivity index (χ0v) is 16.5. The van der Waals surface area contributed by atoms with Crippen molar-refractivity contribution in [2.24, 2.45) is 5.73 Å². The molecule has 9 heteroatoms. The van der Waals surface area contributed by atoms with Crippen LogP contribution in [0.2, 0.25) is 0 Å². The van der Waals surface area contributed by atoms with Gasteiger partial charge in [0, 0.05) is 22.8 Å². The van der Waals surface area contributed by atoms with Crippen LogP contribution in [-0.2, 0) is 6.18 Å². The van der Waals surface area contributed by atoms with E-state index in [0.717, 1.165) is 29.0 Å². The minimum absolute atomic E-state index is 0.123. The smallest absolute Gasteiger partial charge is 0.365 e. The Hall–Kier alpha value is -3.88. The number of alkyl halides is 3. The van der Waals surface area contributed by atoms with Gasteiger partial charge >= 0.3 is 6.18 Å². The van der Waals surface area contributed by atoms with Crippen LogP contribution < -0.4 is 11.1 Å². The average Bonchev–Trinajstić information content (AvgIpc) is 3.05. The molecule has 6 nitrogen and oxygen atoms in total. The zero-order chi connectivity index (χ0) is 22.3. The van der Waals surface area contributed by atoms with Gasteiger partial charge in [-0.05, 0) is 49.7 Å². The van der Waals surface area contributed by atoms with Crippen molar-refractivity contribution in [2.45, 2.75) is 20.0 Å². The largest absolute Gasteiger partial charge is 0.416 e. The van der Waals surface area contributed by atoms with Gasteiger partial charge in [0.05, 0.1) is 28.0 Å². The Morgan fingerprint density at radius 1 is 1.10 bits per heavy atom. The molecule has 2 aromatic carbocycles. The number of anilines is 2. The van der Waals surface area contributed by atoms with Crippen LogP contribution in [0, 0.1) is 13.8 Å². The number of hydrogen-bond acceptors (Lipinski definition) is 5. The van der Waals surface area contributed by atoms with E-state index in [0.29, 0.717) is 28.0 Å². The highest BCUT2D eigenvalue weighted by atomic mass is 19.4. The maximum absolute atomic E-state index is 12.8. The summed E-state index contributed by atoms with van der Waals surface area (Å²) in [7, 11) is 0. The topological polar surface area (TPSA) is 94.0 Å². The Balaban J connectivity index is 1.81. The second-order valence-corrected chi connectivity index (χ2v) is 7.04. The molecule has 0 aliphatic carbocycles. The number of halogens is 3. The number of carbonyl (C=O) groups excluding carboxylic acids is 1. The lowest BCUT2D eigenvalue weighted by molar-refractivity contribution is -0.137. The van der Waals surface area contributed by atoms with Crippen LogP contribution in [0.25, 0.3) is 22.0 Å². The van der Waals surface area contributed by atoms with Gasteiger partial charge in [0.15, 0.2) is 0 Å². The van der Waals surface area contributed by atoms with Gasteiger partial charge in [-0.1, -0.05) is 17.3 Å². The first-order chi connectivity index (χ1) is 14.6. The molecule has 0 saturated heterocycles. The second kappa shape index (κ2) is 7.42. The second-order valence-electron chi connectivity index (χ2n) is 7.04. The molecule has 4 rings (SSSR count). The van der Waals surface area contributed by atoms with Crippen molar-refractivity contribution >= 4 is 28.2 Å². The lowest BCUT2D eigenvalue weighted by Gasteiger charge is -2.15. The van der Waals surface area contributed by atoms with E-state index >= 15 is 0 Å². The molecule has 0 atom stereocenters. The first-order valence-electron chi connectivity index (χ1n) is 9.25. The van der Waals surface area contributed by atoms with Gasteiger partial charge in [-0.3, -0.25) is 9.78 Å². The number of nitrogens with two attached hydrogens (primary N) is 1. The molecule has 31 heavy (non-hydrogen) atoms. The summed E-state index contributed by atoms with van der Waals surface area (Å²) < 4.78 is 43.7. The van der Waals surface area contributed by atoms with E-state index in [-0.39, 0.29) is 5.56 Å². The molecule has 0 unspecified atom stereocenters. The lowest BCUT2D eigenvalue weighted by Crippen LogP contribution is -2.14. The molecule has 0 spiro atoms. The number of aromatic nitrogens is 2. The quantitative estimate of drug-likeness (QED) is 0.458. The van der Waals surface area contributed by atoms with E-state index in [2.05, 4.69) is 15.5 Å². The summed E-state index contributed by atoms with van der Waals surface area (Å²) in [6.07, 6.45) is -3.09. The predicted molar refractivity (Wildman–Crippen MR) is 110 cm³/mol. The summed E-state index contributed by atoms with van der Waals surface area (Å²) in [4.78, 5) is 16.3. The van der Waals surface area contributed by atoms with Gasteiger partial charge in [0.1, 0.15) is 5.76 Å². The SMILES string of the molecule is Cc1noc(C)c1-c1ccc2c(Nc3ccc(C(F)(F)F)cc3)c(C(N)=O)cnc2c1. The molecule has 158 valence electrons. The maximum atomic E-state index is 12.8. The summed E-state index contributed by atoms with van der Waals surface area (Å²) in [5, 5.41) is 7.56. The van der Waals surface area contributed by atoms with Crippen molar-refractivity contribution < 1.29 is 22.5 Å². The molecular formula is C22H17F3N4O2. The van der Waals surface area contributed by atoms with Gasteiger partial charge in [0.25, 0.3) is 5.91 Å². The third-order valence-corrected chi connectivity index (χ3v) is 4.94. The van der Waals surface area contributed by atoms with Gasteiger partial charge < -0.3 is 15.6 Å². The lowest BCUT2D eigenvalue weighted by atomic mass is 10.0. The molecule has 2 heterocycles. The molecule has 0 fully saturated rings. The number of nitrogens with zero attached hydrogens (tertiary/aromatic N) is 2. The van der Waals surface area contributed by atoms with Crippen molar-refractivity contribution in [3.05, 3.63) is 71.2 Å².